The molecule has 29 valence electrons. The van der Waals surface area contributed by atoms with Crippen LogP contribution in [0, 0.1) is 0 Å². The van der Waals surface area contributed by atoms with Crippen molar-refractivity contribution in [3.8, 4) is 0 Å². The van der Waals surface area contributed by atoms with Crippen molar-refractivity contribution in [1.82, 2.24) is 0 Å². The molecule has 1 radical (unpaired) electrons. The predicted molar refractivity (Wildman–Crippen MR) is 18.7 cm³/mol. The quantitative estimate of drug-likeness (QED) is 0.185. The predicted octanol–water partition coefficient (Wildman–Crippen LogP) is -0.0144. The largest absolute Gasteiger partial charge is 0.293 e. The fraction of sp³-hybridized carbons (Fsp3) is 0.667. The topological polar surface area (TPSA) is 23.2 Å². The van der Waals surface area contributed by atoms with Gasteiger partial charge in [-0.25, -0.2) is 0 Å². The van der Waals surface area contributed by atoms with Crippen molar-refractivity contribution < 1.29 is 9.95 Å². The third kappa shape index (κ3) is 3.47. The lowest BCUT2D eigenvalue weighted by Gasteiger charge is -1.66. The lowest BCUT2D eigenvalue weighted by atomic mass is 10.9. The van der Waals surface area contributed by atoms with Crippen molar-refractivity contribution in [1.29, 1.82) is 0 Å². The number of hydrogen-bond donors (Lipinski definition) is 1. The average molecular weight is 73.1 g/mol. The minimum absolute atomic E-state index is 0.875. The van der Waals surface area contributed by atoms with Crippen LogP contribution in [-0.4, -0.2) is 23.2 Å². The first-order valence-corrected chi connectivity index (χ1v) is 1.37. The van der Waals surface area contributed by atoms with Crippen LogP contribution in [0.2, 0.25) is 0 Å². The second kappa shape index (κ2) is 1.76. The van der Waals surface area contributed by atoms with Crippen molar-refractivity contribution in [3.63, 3.8) is 0 Å². The van der Waals surface area contributed by atoms with E-state index < -0.39 is 0 Å². The summed E-state index contributed by atoms with van der Waals surface area (Å²) in [6.07, 6.45) is 2.42. The van der Waals surface area contributed by atoms with E-state index in [-0.39, 0.29) is 0 Å². The summed E-state index contributed by atoms with van der Waals surface area (Å²) in [6.45, 7) is 1.62. The molecule has 0 aliphatic heterocycles. The van der Waals surface area contributed by atoms with Crippen LogP contribution in [0.15, 0.2) is 0 Å². The highest BCUT2D eigenvalue weighted by atomic mass is 16.5. The van der Waals surface area contributed by atoms with Crippen molar-refractivity contribution in [2.24, 2.45) is 0 Å². The van der Waals surface area contributed by atoms with Gasteiger partial charge in [0.15, 0.2) is 7.05 Å². The van der Waals surface area contributed by atoms with Gasteiger partial charge >= 0.3 is 0 Å². The van der Waals surface area contributed by atoms with Gasteiger partial charge in [0, 0.05) is 6.92 Å². The van der Waals surface area contributed by atoms with Gasteiger partial charge in [-0.1, -0.05) is 0 Å². The molecule has 0 heterocycles. The van der Waals surface area contributed by atoms with E-state index in [2.05, 4.69) is 6.21 Å². The summed E-state index contributed by atoms with van der Waals surface area (Å²) in [5, 5.41) is 8.08. The zero-order valence-corrected chi connectivity index (χ0v) is 3.39. The Labute approximate surface area is 31.3 Å². The van der Waals surface area contributed by atoms with Crippen LogP contribution in [0.25, 0.3) is 0 Å². The SMILES string of the molecule is C/[C]=[N+](/C)O. The average Bonchev–Trinajstić information content (AvgIpc) is 1.38. The summed E-state index contributed by atoms with van der Waals surface area (Å²) in [5.41, 5.74) is 0. The first-order valence-electron chi connectivity index (χ1n) is 1.37. The molecule has 0 rings (SSSR count). The fourth-order valence-corrected chi connectivity index (χ4v) is 0. The van der Waals surface area contributed by atoms with E-state index in [1.807, 2.05) is 0 Å². The van der Waals surface area contributed by atoms with Gasteiger partial charge in [0.1, 0.15) is 0 Å². The van der Waals surface area contributed by atoms with E-state index in [0.717, 1.165) is 4.74 Å². The molecule has 2 nitrogen and oxygen atoms in total. The molecule has 0 aliphatic carbocycles. The van der Waals surface area contributed by atoms with E-state index in [4.69, 9.17) is 5.21 Å². The first-order chi connectivity index (χ1) is 2.27. The molecule has 0 saturated carbocycles. The Balaban J connectivity index is 3.14. The molecular formula is C3H7NO+. The molecule has 0 aliphatic rings. The van der Waals surface area contributed by atoms with E-state index in [0.29, 0.717) is 0 Å². The van der Waals surface area contributed by atoms with Gasteiger partial charge in [0.25, 0.3) is 6.21 Å². The van der Waals surface area contributed by atoms with Crippen LogP contribution in [-0.2, 0) is 0 Å². The molecule has 1 N–H and O–H groups in total. The minimum Gasteiger partial charge on any atom is -0.291 e. The molecule has 2 heteroatoms. The molecule has 5 heavy (non-hydrogen) atoms. The summed E-state index contributed by atoms with van der Waals surface area (Å²) in [6, 6.07) is 0. The number of hydrogen-bond acceptors (Lipinski definition) is 1. The Morgan fingerprint density at radius 1 is 1.80 bits per heavy atom. The Hall–Kier alpha value is -0.530. The molecule has 0 aromatic rings. The molecule has 0 atom stereocenters. The summed E-state index contributed by atoms with van der Waals surface area (Å²) < 4.78 is 0.875. The third-order valence-corrected chi connectivity index (χ3v) is 0.324. The van der Waals surface area contributed by atoms with Gasteiger partial charge < -0.3 is 0 Å². The molecule has 0 amide bonds. The van der Waals surface area contributed by atoms with Crippen LogP contribution < -0.4 is 0 Å². The molecule has 0 aromatic heterocycles. The van der Waals surface area contributed by atoms with Crippen LogP contribution in [0.5, 0.6) is 0 Å². The number of rotatable bonds is 0. The Morgan fingerprint density at radius 2 is 2.00 bits per heavy atom. The highest BCUT2D eigenvalue weighted by molar-refractivity contribution is 5.45. The van der Waals surface area contributed by atoms with E-state index >= 15 is 0 Å². The normalized spacial score (nSPS) is 12.0. The van der Waals surface area contributed by atoms with E-state index in [1.165, 1.54) is 7.05 Å². The maximum atomic E-state index is 8.08. The zero-order chi connectivity index (χ0) is 4.28. The van der Waals surface area contributed by atoms with Crippen LogP contribution >= 0.6 is 0 Å². The monoisotopic (exact) mass is 73.1 g/mol. The molecule has 0 unspecified atom stereocenters. The first kappa shape index (κ1) is 4.47. The van der Waals surface area contributed by atoms with Crippen LogP contribution in [0.1, 0.15) is 6.92 Å². The Kier molecular flexibility index (Phi) is 1.57. The Morgan fingerprint density at radius 3 is 2.00 bits per heavy atom. The zero-order valence-electron chi connectivity index (χ0n) is 3.39. The van der Waals surface area contributed by atoms with Gasteiger partial charge in [-0.05, 0) is 4.74 Å². The number of hydroxylamine groups is 1. The summed E-state index contributed by atoms with van der Waals surface area (Å²) in [4.78, 5) is 0. The van der Waals surface area contributed by atoms with Crippen molar-refractivity contribution in [2.75, 3.05) is 7.05 Å². The Bertz CT molecular complexity index is 44.9. The summed E-state index contributed by atoms with van der Waals surface area (Å²) in [7, 11) is 1.50. The summed E-state index contributed by atoms with van der Waals surface area (Å²) >= 11 is 0. The lowest BCUT2D eigenvalue weighted by molar-refractivity contribution is -0.751. The highest BCUT2D eigenvalue weighted by Crippen LogP contribution is 1.42. The van der Waals surface area contributed by atoms with Gasteiger partial charge in [0.2, 0.25) is 0 Å². The standard InChI is InChI=1S/C3H7NO/c1-3-4(2)5/h5H,1-2H3/q+1. The van der Waals surface area contributed by atoms with Crippen molar-refractivity contribution >= 4 is 6.21 Å². The molecule has 0 spiro atoms. The smallest absolute Gasteiger partial charge is 0.291 e. The van der Waals surface area contributed by atoms with Crippen molar-refractivity contribution in [2.45, 2.75) is 6.92 Å². The van der Waals surface area contributed by atoms with Crippen molar-refractivity contribution in [3.05, 3.63) is 0 Å². The second-order valence-electron chi connectivity index (χ2n) is 0.747. The van der Waals surface area contributed by atoms with Gasteiger partial charge in [0.05, 0.1) is 0 Å². The molecule has 0 bridgehead atoms. The second-order valence-corrected chi connectivity index (χ2v) is 0.747. The lowest BCUT2D eigenvalue weighted by Crippen LogP contribution is -1.94. The molecule has 0 aromatic carbocycles. The summed E-state index contributed by atoms with van der Waals surface area (Å²) in [5.74, 6) is 0. The highest BCUT2D eigenvalue weighted by Gasteiger charge is 1.72. The molecule has 0 saturated heterocycles. The van der Waals surface area contributed by atoms with Gasteiger partial charge in [-0.2, -0.15) is 0 Å². The molecule has 0 fully saturated rings. The van der Waals surface area contributed by atoms with Gasteiger partial charge in [-0.3, -0.25) is 5.21 Å². The maximum Gasteiger partial charge on any atom is 0.293 e. The van der Waals surface area contributed by atoms with Crippen LogP contribution in [0.4, 0.5) is 0 Å². The maximum absolute atomic E-state index is 8.08. The van der Waals surface area contributed by atoms with Crippen LogP contribution in [0.3, 0.4) is 0 Å². The third-order valence-electron chi connectivity index (χ3n) is 0.324. The molecular weight excluding hydrogens is 66.0 g/mol. The minimum atomic E-state index is 0.875. The van der Waals surface area contributed by atoms with E-state index in [9.17, 15) is 0 Å². The van der Waals surface area contributed by atoms with Gasteiger partial charge in [-0.15, -0.1) is 0 Å². The fourth-order valence-electron chi connectivity index (χ4n) is 0. The number of nitrogens with zero attached hydrogens (tertiary/aromatic N) is 1. The van der Waals surface area contributed by atoms with E-state index in [1.54, 1.807) is 6.92 Å².